The van der Waals surface area contributed by atoms with E-state index in [4.69, 9.17) is 10.5 Å². The molecule has 1 aromatic carbocycles. The van der Waals surface area contributed by atoms with Crippen LogP contribution in [0.4, 0.5) is 4.79 Å². The van der Waals surface area contributed by atoms with Crippen LogP contribution in [-0.2, 0) is 4.74 Å². The maximum Gasteiger partial charge on any atom is 0.408 e. The topological polar surface area (TPSA) is 64.3 Å². The minimum atomic E-state index is -0.514. The maximum atomic E-state index is 11.8. The van der Waals surface area contributed by atoms with Crippen LogP contribution in [0.15, 0.2) is 35.9 Å². The highest BCUT2D eigenvalue weighted by atomic mass is 16.6. The number of hydrogen-bond donors (Lipinski definition) is 2. The first-order valence-corrected chi connectivity index (χ1v) is 6.74. The number of nitrogens with two attached hydrogens (primary N) is 1. The first-order chi connectivity index (χ1) is 9.31. The summed E-state index contributed by atoms with van der Waals surface area (Å²) >= 11 is 0. The summed E-state index contributed by atoms with van der Waals surface area (Å²) in [6, 6.07) is 9.68. The second-order valence-corrected chi connectivity index (χ2v) is 5.73. The Morgan fingerprint density at radius 2 is 1.95 bits per heavy atom. The van der Waals surface area contributed by atoms with Crippen LogP contribution in [0.2, 0.25) is 0 Å². The van der Waals surface area contributed by atoms with E-state index in [9.17, 15) is 4.79 Å². The van der Waals surface area contributed by atoms with Crippen molar-refractivity contribution in [2.45, 2.75) is 39.3 Å². The van der Waals surface area contributed by atoms with E-state index in [2.05, 4.69) is 5.32 Å². The lowest BCUT2D eigenvalue weighted by molar-refractivity contribution is 0.0513. The third-order valence-electron chi connectivity index (χ3n) is 2.67. The average molecular weight is 276 g/mol. The predicted molar refractivity (Wildman–Crippen MR) is 82.3 cm³/mol. The number of benzene rings is 1. The van der Waals surface area contributed by atoms with E-state index in [0.717, 1.165) is 11.1 Å². The SMILES string of the molecule is C/C(=C\c1ccccc1)C(CN)NC(=O)OC(C)(C)C. The highest BCUT2D eigenvalue weighted by Crippen LogP contribution is 2.11. The molecule has 0 aromatic heterocycles. The fourth-order valence-corrected chi connectivity index (χ4v) is 1.72. The van der Waals surface area contributed by atoms with Crippen LogP contribution in [0.3, 0.4) is 0 Å². The number of carbonyl (C=O) groups excluding carboxylic acids is 1. The van der Waals surface area contributed by atoms with E-state index in [-0.39, 0.29) is 6.04 Å². The molecule has 1 amide bonds. The molecule has 20 heavy (non-hydrogen) atoms. The zero-order chi connectivity index (χ0) is 15.2. The minimum absolute atomic E-state index is 0.231. The van der Waals surface area contributed by atoms with Gasteiger partial charge >= 0.3 is 6.09 Å². The molecule has 0 bridgehead atoms. The summed E-state index contributed by atoms with van der Waals surface area (Å²) in [7, 11) is 0. The lowest BCUT2D eigenvalue weighted by atomic mass is 10.1. The van der Waals surface area contributed by atoms with E-state index in [1.54, 1.807) is 0 Å². The monoisotopic (exact) mass is 276 g/mol. The van der Waals surface area contributed by atoms with Gasteiger partial charge in [0.2, 0.25) is 0 Å². The van der Waals surface area contributed by atoms with Crippen molar-refractivity contribution < 1.29 is 9.53 Å². The molecule has 0 aliphatic heterocycles. The second-order valence-electron chi connectivity index (χ2n) is 5.73. The quantitative estimate of drug-likeness (QED) is 0.888. The zero-order valence-corrected chi connectivity index (χ0v) is 12.6. The lowest BCUT2D eigenvalue weighted by Gasteiger charge is -2.23. The Morgan fingerprint density at radius 3 is 2.45 bits per heavy atom. The first kappa shape index (κ1) is 16.2. The number of alkyl carbamates (subject to hydrolysis) is 1. The summed E-state index contributed by atoms with van der Waals surface area (Å²) < 4.78 is 5.24. The molecule has 1 rings (SSSR count). The number of nitrogens with one attached hydrogen (secondary N) is 1. The Bertz CT molecular complexity index is 461. The number of amides is 1. The van der Waals surface area contributed by atoms with Crippen molar-refractivity contribution in [3.05, 3.63) is 41.5 Å². The highest BCUT2D eigenvalue weighted by molar-refractivity contribution is 5.69. The Morgan fingerprint density at radius 1 is 1.35 bits per heavy atom. The molecule has 0 radical (unpaired) electrons. The summed E-state index contributed by atoms with van der Waals surface area (Å²) in [6.45, 7) is 7.76. The van der Waals surface area contributed by atoms with Crippen LogP contribution in [0.25, 0.3) is 6.08 Å². The Hall–Kier alpha value is -1.81. The van der Waals surface area contributed by atoms with Crippen LogP contribution in [0.5, 0.6) is 0 Å². The molecule has 0 fully saturated rings. The van der Waals surface area contributed by atoms with Gasteiger partial charge in [-0.2, -0.15) is 0 Å². The van der Waals surface area contributed by atoms with Crippen LogP contribution >= 0.6 is 0 Å². The third kappa shape index (κ3) is 5.89. The number of ether oxygens (including phenoxy) is 1. The van der Waals surface area contributed by atoms with Gasteiger partial charge in [0.25, 0.3) is 0 Å². The Balaban J connectivity index is 2.71. The van der Waals surface area contributed by atoms with Gasteiger partial charge in [0.05, 0.1) is 6.04 Å². The van der Waals surface area contributed by atoms with Crippen LogP contribution in [0.1, 0.15) is 33.3 Å². The van der Waals surface area contributed by atoms with Crippen molar-refractivity contribution in [1.82, 2.24) is 5.32 Å². The van der Waals surface area contributed by atoms with Crippen LogP contribution < -0.4 is 11.1 Å². The van der Waals surface area contributed by atoms with E-state index in [0.29, 0.717) is 6.54 Å². The largest absolute Gasteiger partial charge is 0.444 e. The second kappa shape index (κ2) is 7.10. The fourth-order valence-electron chi connectivity index (χ4n) is 1.72. The molecule has 4 nitrogen and oxygen atoms in total. The molecule has 0 spiro atoms. The summed E-state index contributed by atoms with van der Waals surface area (Å²) in [5.41, 5.74) is 7.28. The lowest BCUT2D eigenvalue weighted by Crippen LogP contribution is -2.43. The number of hydrogen-bond acceptors (Lipinski definition) is 3. The van der Waals surface area contributed by atoms with Crippen molar-refractivity contribution in [3.8, 4) is 0 Å². The molecule has 110 valence electrons. The molecule has 1 unspecified atom stereocenters. The van der Waals surface area contributed by atoms with Gasteiger partial charge in [-0.1, -0.05) is 36.4 Å². The van der Waals surface area contributed by atoms with Gasteiger partial charge in [0.1, 0.15) is 5.60 Å². The zero-order valence-electron chi connectivity index (χ0n) is 12.6. The average Bonchev–Trinajstić information content (AvgIpc) is 2.35. The van der Waals surface area contributed by atoms with Gasteiger partial charge in [-0.3, -0.25) is 0 Å². The predicted octanol–water partition coefficient (Wildman–Crippen LogP) is 2.94. The molecule has 0 aliphatic carbocycles. The van der Waals surface area contributed by atoms with E-state index in [1.165, 1.54) is 0 Å². The van der Waals surface area contributed by atoms with Gasteiger partial charge < -0.3 is 15.8 Å². The van der Waals surface area contributed by atoms with E-state index in [1.807, 2.05) is 64.1 Å². The highest BCUT2D eigenvalue weighted by Gasteiger charge is 2.19. The molecule has 1 atom stereocenters. The molecule has 1 aromatic rings. The standard InChI is InChI=1S/C16H24N2O2/c1-12(10-13-8-6-5-7-9-13)14(11-17)18-15(19)20-16(2,3)4/h5-10,14H,11,17H2,1-4H3,(H,18,19)/b12-10+. The Kier molecular flexibility index (Phi) is 5.77. The number of carbonyl (C=O) groups is 1. The molecule has 4 heteroatoms. The molecular formula is C16H24N2O2. The summed E-state index contributed by atoms with van der Waals surface area (Å²) in [5, 5.41) is 2.79. The van der Waals surface area contributed by atoms with Crippen molar-refractivity contribution >= 4 is 12.2 Å². The van der Waals surface area contributed by atoms with Crippen molar-refractivity contribution in [2.24, 2.45) is 5.73 Å². The van der Waals surface area contributed by atoms with Crippen molar-refractivity contribution in [3.63, 3.8) is 0 Å². The van der Waals surface area contributed by atoms with Gasteiger partial charge in [0.15, 0.2) is 0 Å². The maximum absolute atomic E-state index is 11.8. The van der Waals surface area contributed by atoms with Gasteiger partial charge in [-0.05, 0) is 38.8 Å². The van der Waals surface area contributed by atoms with Crippen molar-refractivity contribution in [1.29, 1.82) is 0 Å². The van der Waals surface area contributed by atoms with Crippen molar-refractivity contribution in [2.75, 3.05) is 6.54 Å². The normalized spacial score (nSPS) is 13.8. The molecular weight excluding hydrogens is 252 g/mol. The summed E-state index contributed by atoms with van der Waals surface area (Å²) in [4.78, 5) is 11.8. The smallest absolute Gasteiger partial charge is 0.408 e. The first-order valence-electron chi connectivity index (χ1n) is 6.74. The van der Waals surface area contributed by atoms with Crippen LogP contribution in [0, 0.1) is 0 Å². The molecule has 0 saturated heterocycles. The van der Waals surface area contributed by atoms with Gasteiger partial charge in [-0.25, -0.2) is 4.79 Å². The van der Waals surface area contributed by atoms with Gasteiger partial charge in [-0.15, -0.1) is 0 Å². The molecule has 3 N–H and O–H groups in total. The third-order valence-corrected chi connectivity index (χ3v) is 2.67. The molecule has 0 aliphatic rings. The Labute approximate surface area is 121 Å². The van der Waals surface area contributed by atoms with E-state index < -0.39 is 11.7 Å². The molecule has 0 heterocycles. The van der Waals surface area contributed by atoms with Crippen LogP contribution in [-0.4, -0.2) is 24.3 Å². The van der Waals surface area contributed by atoms with Gasteiger partial charge in [0, 0.05) is 6.54 Å². The number of rotatable bonds is 4. The molecule has 0 saturated carbocycles. The summed E-state index contributed by atoms with van der Waals surface area (Å²) in [6.07, 6.45) is 1.56. The summed E-state index contributed by atoms with van der Waals surface area (Å²) in [5.74, 6) is 0. The van der Waals surface area contributed by atoms with E-state index >= 15 is 0 Å². The fraction of sp³-hybridized carbons (Fsp3) is 0.438. The minimum Gasteiger partial charge on any atom is -0.444 e.